The lowest BCUT2D eigenvalue weighted by atomic mass is 9.92. The number of hydrogen-bond acceptors (Lipinski definition) is 2. The summed E-state index contributed by atoms with van der Waals surface area (Å²) in [6.07, 6.45) is 2.69. The Kier molecular flexibility index (Phi) is 2.63. The average Bonchev–Trinajstić information content (AvgIpc) is 2.66. The van der Waals surface area contributed by atoms with Crippen LogP contribution in [-0.4, -0.2) is 29.1 Å². The van der Waals surface area contributed by atoms with Crippen LogP contribution in [0.5, 0.6) is 0 Å². The van der Waals surface area contributed by atoms with Gasteiger partial charge in [0.05, 0.1) is 6.42 Å². The summed E-state index contributed by atoms with van der Waals surface area (Å²) in [5.41, 5.74) is 2.93. The molecule has 1 aromatic rings. The van der Waals surface area contributed by atoms with Crippen molar-refractivity contribution in [2.45, 2.75) is 25.3 Å². The molecule has 0 amide bonds. The summed E-state index contributed by atoms with van der Waals surface area (Å²) < 4.78 is 0. The molecule has 2 aliphatic rings. The smallest absolute Gasteiger partial charge is 0.303 e. The van der Waals surface area contributed by atoms with Crippen molar-refractivity contribution in [3.05, 3.63) is 35.4 Å². The zero-order valence-corrected chi connectivity index (χ0v) is 9.80. The molecular formula is C14H17NO2. The number of carbonyl (C=O) groups is 1. The van der Waals surface area contributed by atoms with E-state index in [1.54, 1.807) is 0 Å². The van der Waals surface area contributed by atoms with Crippen molar-refractivity contribution >= 4 is 5.97 Å². The van der Waals surface area contributed by atoms with Crippen molar-refractivity contribution in [1.29, 1.82) is 0 Å². The van der Waals surface area contributed by atoms with Gasteiger partial charge in [-0.3, -0.25) is 9.69 Å². The molecular weight excluding hydrogens is 214 g/mol. The lowest BCUT2D eigenvalue weighted by Gasteiger charge is -2.43. The lowest BCUT2D eigenvalue weighted by molar-refractivity contribution is -0.139. The van der Waals surface area contributed by atoms with Crippen LogP contribution < -0.4 is 0 Å². The number of hydrogen-bond donors (Lipinski definition) is 1. The fourth-order valence-electron chi connectivity index (χ4n) is 3.15. The molecule has 0 saturated carbocycles. The normalized spacial score (nSPS) is 24.4. The number of carboxylic acids is 1. The van der Waals surface area contributed by atoms with Crippen LogP contribution in [0, 0.1) is 5.92 Å². The Morgan fingerprint density at radius 3 is 2.88 bits per heavy atom. The molecule has 1 aliphatic carbocycles. The van der Waals surface area contributed by atoms with Crippen LogP contribution in [0.15, 0.2) is 24.3 Å². The molecule has 1 fully saturated rings. The van der Waals surface area contributed by atoms with Crippen LogP contribution in [0.2, 0.25) is 0 Å². The predicted molar refractivity (Wildman–Crippen MR) is 64.8 cm³/mol. The van der Waals surface area contributed by atoms with Crippen LogP contribution in [0.4, 0.5) is 0 Å². The Labute approximate surface area is 101 Å². The predicted octanol–water partition coefficient (Wildman–Crippen LogP) is 2.08. The molecule has 1 aromatic carbocycles. The van der Waals surface area contributed by atoms with Gasteiger partial charge in [-0.15, -0.1) is 0 Å². The van der Waals surface area contributed by atoms with Crippen molar-refractivity contribution in [2.75, 3.05) is 13.1 Å². The van der Waals surface area contributed by atoms with Crippen molar-refractivity contribution in [3.63, 3.8) is 0 Å². The van der Waals surface area contributed by atoms with Gasteiger partial charge >= 0.3 is 5.97 Å². The molecule has 90 valence electrons. The van der Waals surface area contributed by atoms with E-state index in [9.17, 15) is 4.79 Å². The van der Waals surface area contributed by atoms with Gasteiger partial charge in [0, 0.05) is 19.1 Å². The van der Waals surface area contributed by atoms with E-state index < -0.39 is 5.97 Å². The molecule has 0 bridgehead atoms. The quantitative estimate of drug-likeness (QED) is 0.865. The second-order valence-electron chi connectivity index (χ2n) is 5.17. The van der Waals surface area contributed by atoms with E-state index in [1.807, 2.05) is 0 Å². The highest BCUT2D eigenvalue weighted by Crippen LogP contribution is 2.39. The zero-order chi connectivity index (χ0) is 11.8. The van der Waals surface area contributed by atoms with E-state index in [4.69, 9.17) is 5.11 Å². The molecule has 0 radical (unpaired) electrons. The fraction of sp³-hybridized carbons (Fsp3) is 0.500. The van der Waals surface area contributed by atoms with Crippen LogP contribution in [-0.2, 0) is 11.2 Å². The third kappa shape index (κ3) is 1.95. The highest BCUT2D eigenvalue weighted by atomic mass is 16.4. The van der Waals surface area contributed by atoms with Gasteiger partial charge in [0.2, 0.25) is 0 Å². The van der Waals surface area contributed by atoms with Crippen LogP contribution in [0.3, 0.4) is 0 Å². The Morgan fingerprint density at radius 2 is 2.12 bits per heavy atom. The van der Waals surface area contributed by atoms with Gasteiger partial charge < -0.3 is 5.11 Å². The highest BCUT2D eigenvalue weighted by Gasteiger charge is 2.36. The average molecular weight is 231 g/mol. The Morgan fingerprint density at radius 1 is 1.35 bits per heavy atom. The molecule has 17 heavy (non-hydrogen) atoms. The molecule has 0 aromatic heterocycles. The minimum Gasteiger partial charge on any atom is -0.481 e. The summed E-state index contributed by atoms with van der Waals surface area (Å²) in [6.45, 7) is 1.90. The number of rotatable bonds is 3. The second kappa shape index (κ2) is 4.15. The second-order valence-corrected chi connectivity index (χ2v) is 5.17. The molecule has 1 N–H and O–H groups in total. The third-order valence-corrected chi connectivity index (χ3v) is 3.99. The fourth-order valence-corrected chi connectivity index (χ4v) is 3.15. The van der Waals surface area contributed by atoms with Crippen molar-refractivity contribution in [2.24, 2.45) is 5.92 Å². The van der Waals surface area contributed by atoms with Gasteiger partial charge in [-0.25, -0.2) is 0 Å². The lowest BCUT2D eigenvalue weighted by Crippen LogP contribution is -2.48. The minimum absolute atomic E-state index is 0.324. The Balaban J connectivity index is 1.64. The van der Waals surface area contributed by atoms with E-state index in [2.05, 4.69) is 29.2 Å². The summed E-state index contributed by atoms with van der Waals surface area (Å²) in [4.78, 5) is 13.0. The van der Waals surface area contributed by atoms with Crippen LogP contribution in [0.1, 0.15) is 30.0 Å². The van der Waals surface area contributed by atoms with E-state index in [-0.39, 0.29) is 0 Å². The van der Waals surface area contributed by atoms with Crippen LogP contribution >= 0.6 is 0 Å². The summed E-state index contributed by atoms with van der Waals surface area (Å²) in [5, 5.41) is 8.74. The first-order valence-electron chi connectivity index (χ1n) is 6.27. The van der Waals surface area contributed by atoms with Gasteiger partial charge in [-0.05, 0) is 29.9 Å². The van der Waals surface area contributed by atoms with E-state index in [0.717, 1.165) is 13.1 Å². The molecule has 1 aliphatic heterocycles. The number of aliphatic carboxylic acids is 1. The van der Waals surface area contributed by atoms with Gasteiger partial charge in [0.25, 0.3) is 0 Å². The maximum atomic E-state index is 10.6. The number of aryl methyl sites for hydroxylation is 1. The summed E-state index contributed by atoms with van der Waals surface area (Å²) in [6, 6.07) is 9.17. The minimum atomic E-state index is -0.665. The molecule has 1 unspecified atom stereocenters. The Hall–Kier alpha value is -1.35. The van der Waals surface area contributed by atoms with Gasteiger partial charge in [-0.2, -0.15) is 0 Å². The molecule has 0 spiro atoms. The number of benzene rings is 1. The highest BCUT2D eigenvalue weighted by molar-refractivity contribution is 5.67. The summed E-state index contributed by atoms with van der Waals surface area (Å²) in [5.74, 6) is -0.304. The first kappa shape index (κ1) is 10.8. The molecule has 1 heterocycles. The standard InChI is InChI=1S/C14H17NO2/c16-14(17)7-10-8-15(9-10)13-6-5-11-3-1-2-4-12(11)13/h1-4,10,13H,5-9H2,(H,16,17). The van der Waals surface area contributed by atoms with Gasteiger partial charge in [0.1, 0.15) is 0 Å². The summed E-state index contributed by atoms with van der Waals surface area (Å²) in [7, 11) is 0. The number of carboxylic acid groups (broad SMARTS) is 1. The van der Waals surface area contributed by atoms with Crippen molar-refractivity contribution in [3.8, 4) is 0 Å². The van der Waals surface area contributed by atoms with E-state index >= 15 is 0 Å². The maximum Gasteiger partial charge on any atom is 0.303 e. The SMILES string of the molecule is O=C(O)CC1CN(C2CCc3ccccc32)C1. The topological polar surface area (TPSA) is 40.5 Å². The first-order chi connectivity index (χ1) is 8.24. The summed E-state index contributed by atoms with van der Waals surface area (Å²) >= 11 is 0. The molecule has 3 nitrogen and oxygen atoms in total. The molecule has 3 rings (SSSR count). The van der Waals surface area contributed by atoms with Gasteiger partial charge in [-0.1, -0.05) is 24.3 Å². The van der Waals surface area contributed by atoms with Crippen molar-refractivity contribution < 1.29 is 9.90 Å². The van der Waals surface area contributed by atoms with Gasteiger partial charge in [0.15, 0.2) is 0 Å². The maximum absolute atomic E-state index is 10.6. The number of likely N-dealkylation sites (tertiary alicyclic amines) is 1. The number of fused-ring (bicyclic) bond motifs is 1. The molecule has 3 heteroatoms. The van der Waals surface area contributed by atoms with E-state index in [0.29, 0.717) is 18.4 Å². The van der Waals surface area contributed by atoms with E-state index in [1.165, 1.54) is 24.0 Å². The van der Waals surface area contributed by atoms with Crippen LogP contribution in [0.25, 0.3) is 0 Å². The molecule has 1 saturated heterocycles. The molecule has 1 atom stereocenters. The van der Waals surface area contributed by atoms with Crippen molar-refractivity contribution in [1.82, 2.24) is 4.90 Å². The third-order valence-electron chi connectivity index (χ3n) is 3.99. The monoisotopic (exact) mass is 231 g/mol. The Bertz CT molecular complexity index is 438. The first-order valence-corrected chi connectivity index (χ1v) is 6.27. The largest absolute Gasteiger partial charge is 0.481 e. The number of nitrogens with zero attached hydrogens (tertiary/aromatic N) is 1. The zero-order valence-electron chi connectivity index (χ0n) is 9.80.